The molecule has 21 heavy (non-hydrogen) atoms. The van der Waals surface area contributed by atoms with Crippen LogP contribution in [0.25, 0.3) is 0 Å². The molecule has 1 aliphatic rings. The molecule has 2 rings (SSSR count). The SMILES string of the molecule is NC(=O)Nc1ccc(CNC(=O)CCC2CCCC2)cc1. The van der Waals surface area contributed by atoms with Crippen molar-refractivity contribution in [2.45, 2.75) is 45.1 Å². The number of anilines is 1. The van der Waals surface area contributed by atoms with Crippen molar-refractivity contribution < 1.29 is 9.59 Å². The Balaban J connectivity index is 1.69. The van der Waals surface area contributed by atoms with E-state index < -0.39 is 6.03 Å². The molecule has 4 N–H and O–H groups in total. The monoisotopic (exact) mass is 289 g/mol. The second-order valence-corrected chi connectivity index (χ2v) is 5.65. The summed E-state index contributed by atoms with van der Waals surface area (Å²) in [4.78, 5) is 22.5. The Morgan fingerprint density at radius 1 is 1.14 bits per heavy atom. The second-order valence-electron chi connectivity index (χ2n) is 5.65. The van der Waals surface area contributed by atoms with Gasteiger partial charge in [0.05, 0.1) is 0 Å². The number of carbonyl (C=O) groups excluding carboxylic acids is 2. The molecule has 0 radical (unpaired) electrons. The summed E-state index contributed by atoms with van der Waals surface area (Å²) >= 11 is 0. The molecule has 1 aliphatic carbocycles. The Labute approximate surface area is 125 Å². The third kappa shape index (κ3) is 5.45. The van der Waals surface area contributed by atoms with Gasteiger partial charge in [-0.05, 0) is 30.0 Å². The van der Waals surface area contributed by atoms with Gasteiger partial charge in [0, 0.05) is 18.7 Å². The molecular formula is C16H23N3O2. The maximum atomic E-state index is 11.8. The first-order chi connectivity index (χ1) is 10.1. The molecule has 0 unspecified atom stereocenters. The van der Waals surface area contributed by atoms with E-state index in [2.05, 4.69) is 10.6 Å². The number of primary amides is 1. The maximum absolute atomic E-state index is 11.8. The van der Waals surface area contributed by atoms with E-state index in [1.807, 2.05) is 12.1 Å². The van der Waals surface area contributed by atoms with Crippen molar-refractivity contribution in [1.29, 1.82) is 0 Å². The highest BCUT2D eigenvalue weighted by atomic mass is 16.2. The van der Waals surface area contributed by atoms with Crippen molar-refractivity contribution in [2.24, 2.45) is 11.7 Å². The van der Waals surface area contributed by atoms with E-state index in [1.54, 1.807) is 12.1 Å². The van der Waals surface area contributed by atoms with E-state index >= 15 is 0 Å². The van der Waals surface area contributed by atoms with Crippen molar-refractivity contribution in [2.75, 3.05) is 5.32 Å². The minimum absolute atomic E-state index is 0.112. The average Bonchev–Trinajstić information content (AvgIpc) is 2.97. The van der Waals surface area contributed by atoms with E-state index in [1.165, 1.54) is 25.7 Å². The molecule has 1 fully saturated rings. The molecule has 1 aromatic rings. The minimum atomic E-state index is -0.581. The van der Waals surface area contributed by atoms with Gasteiger partial charge in [0.25, 0.3) is 0 Å². The van der Waals surface area contributed by atoms with Crippen LogP contribution in [0.2, 0.25) is 0 Å². The molecule has 5 heteroatoms. The van der Waals surface area contributed by atoms with Crippen molar-refractivity contribution >= 4 is 17.6 Å². The van der Waals surface area contributed by atoms with Gasteiger partial charge in [-0.2, -0.15) is 0 Å². The predicted molar refractivity (Wildman–Crippen MR) is 82.7 cm³/mol. The lowest BCUT2D eigenvalue weighted by Crippen LogP contribution is -2.23. The molecule has 1 aromatic carbocycles. The number of urea groups is 1. The van der Waals surface area contributed by atoms with E-state index in [4.69, 9.17) is 5.73 Å². The Hall–Kier alpha value is -2.04. The number of rotatable bonds is 6. The molecule has 0 saturated heterocycles. The normalized spacial score (nSPS) is 14.9. The van der Waals surface area contributed by atoms with Crippen molar-refractivity contribution in [3.8, 4) is 0 Å². The topological polar surface area (TPSA) is 84.2 Å². The maximum Gasteiger partial charge on any atom is 0.316 e. The Morgan fingerprint density at radius 3 is 2.43 bits per heavy atom. The smallest absolute Gasteiger partial charge is 0.316 e. The van der Waals surface area contributed by atoms with Crippen LogP contribution in [-0.2, 0) is 11.3 Å². The third-order valence-corrected chi connectivity index (χ3v) is 3.97. The van der Waals surface area contributed by atoms with E-state index in [0.717, 1.165) is 17.9 Å². The number of hydrogen-bond acceptors (Lipinski definition) is 2. The first kappa shape index (κ1) is 15.4. The summed E-state index contributed by atoms with van der Waals surface area (Å²) in [6, 6.07) is 6.68. The van der Waals surface area contributed by atoms with Gasteiger partial charge in [0.1, 0.15) is 0 Å². The Morgan fingerprint density at radius 2 is 1.81 bits per heavy atom. The number of hydrogen-bond donors (Lipinski definition) is 3. The Bertz CT molecular complexity index is 479. The molecule has 0 heterocycles. The lowest BCUT2D eigenvalue weighted by atomic mass is 10.0. The zero-order valence-electron chi connectivity index (χ0n) is 12.2. The molecule has 1 saturated carbocycles. The van der Waals surface area contributed by atoms with Crippen LogP contribution < -0.4 is 16.4 Å². The molecule has 0 spiro atoms. The van der Waals surface area contributed by atoms with Gasteiger partial charge in [-0.1, -0.05) is 37.8 Å². The lowest BCUT2D eigenvalue weighted by Gasteiger charge is -2.09. The first-order valence-corrected chi connectivity index (χ1v) is 7.55. The highest BCUT2D eigenvalue weighted by molar-refractivity contribution is 5.87. The molecule has 0 bridgehead atoms. The number of benzene rings is 1. The van der Waals surface area contributed by atoms with Gasteiger partial charge >= 0.3 is 6.03 Å². The summed E-state index contributed by atoms with van der Waals surface area (Å²) in [7, 11) is 0. The highest BCUT2D eigenvalue weighted by Gasteiger charge is 2.15. The van der Waals surface area contributed by atoms with Crippen LogP contribution in [0, 0.1) is 5.92 Å². The summed E-state index contributed by atoms with van der Waals surface area (Å²) in [5.41, 5.74) is 6.69. The van der Waals surface area contributed by atoms with Gasteiger partial charge in [-0.15, -0.1) is 0 Å². The molecule has 5 nitrogen and oxygen atoms in total. The second kappa shape index (κ2) is 7.67. The number of nitrogens with two attached hydrogens (primary N) is 1. The molecule has 0 atom stereocenters. The van der Waals surface area contributed by atoms with Gasteiger partial charge < -0.3 is 16.4 Å². The summed E-state index contributed by atoms with van der Waals surface area (Å²) < 4.78 is 0. The Kier molecular flexibility index (Phi) is 5.60. The largest absolute Gasteiger partial charge is 0.352 e. The molecule has 0 aliphatic heterocycles. The third-order valence-electron chi connectivity index (χ3n) is 3.97. The summed E-state index contributed by atoms with van der Waals surface area (Å²) in [5.74, 6) is 0.858. The molecule has 114 valence electrons. The number of nitrogens with one attached hydrogen (secondary N) is 2. The van der Waals surface area contributed by atoms with Gasteiger partial charge in [0.15, 0.2) is 0 Å². The van der Waals surface area contributed by atoms with Crippen LogP contribution in [-0.4, -0.2) is 11.9 Å². The zero-order chi connectivity index (χ0) is 15.1. The van der Waals surface area contributed by atoms with Crippen molar-refractivity contribution in [1.82, 2.24) is 5.32 Å². The van der Waals surface area contributed by atoms with Gasteiger partial charge in [0.2, 0.25) is 5.91 Å². The van der Waals surface area contributed by atoms with Crippen LogP contribution in [0.15, 0.2) is 24.3 Å². The number of amides is 3. The highest BCUT2D eigenvalue weighted by Crippen LogP contribution is 2.28. The zero-order valence-corrected chi connectivity index (χ0v) is 12.2. The van der Waals surface area contributed by atoms with Crippen LogP contribution >= 0.6 is 0 Å². The standard InChI is InChI=1S/C16H23N3O2/c17-16(21)19-14-8-5-13(6-9-14)11-18-15(20)10-7-12-3-1-2-4-12/h5-6,8-9,12H,1-4,7,10-11H2,(H,18,20)(H3,17,19,21). The van der Waals surface area contributed by atoms with Crippen molar-refractivity contribution in [3.05, 3.63) is 29.8 Å². The molecule has 0 aromatic heterocycles. The van der Waals surface area contributed by atoms with Gasteiger partial charge in [-0.25, -0.2) is 4.79 Å². The summed E-state index contributed by atoms with van der Waals surface area (Å²) in [5, 5.41) is 5.43. The molecule has 3 amide bonds. The fraction of sp³-hybridized carbons (Fsp3) is 0.500. The predicted octanol–water partition coefficient (Wildman–Crippen LogP) is 2.76. The van der Waals surface area contributed by atoms with Gasteiger partial charge in [-0.3, -0.25) is 4.79 Å². The average molecular weight is 289 g/mol. The first-order valence-electron chi connectivity index (χ1n) is 7.55. The lowest BCUT2D eigenvalue weighted by molar-refractivity contribution is -0.121. The van der Waals surface area contributed by atoms with E-state index in [0.29, 0.717) is 18.7 Å². The van der Waals surface area contributed by atoms with Crippen LogP contribution in [0.3, 0.4) is 0 Å². The fourth-order valence-corrected chi connectivity index (χ4v) is 2.77. The van der Waals surface area contributed by atoms with Crippen molar-refractivity contribution in [3.63, 3.8) is 0 Å². The van der Waals surface area contributed by atoms with Crippen LogP contribution in [0.1, 0.15) is 44.1 Å². The summed E-state index contributed by atoms with van der Waals surface area (Å²) in [6.45, 7) is 0.514. The van der Waals surface area contributed by atoms with E-state index in [9.17, 15) is 9.59 Å². The van der Waals surface area contributed by atoms with Crippen LogP contribution in [0.4, 0.5) is 10.5 Å². The van der Waals surface area contributed by atoms with Crippen LogP contribution in [0.5, 0.6) is 0 Å². The van der Waals surface area contributed by atoms with E-state index in [-0.39, 0.29) is 5.91 Å². The quantitative estimate of drug-likeness (QED) is 0.752. The number of carbonyl (C=O) groups is 2. The molecular weight excluding hydrogens is 266 g/mol. The summed E-state index contributed by atoms with van der Waals surface area (Å²) in [6.07, 6.45) is 6.82. The fourth-order valence-electron chi connectivity index (χ4n) is 2.77. The minimum Gasteiger partial charge on any atom is -0.352 e.